The Kier molecular flexibility index (Phi) is 6.30. The Morgan fingerprint density at radius 3 is 3.16 bits per heavy atom. The highest BCUT2D eigenvalue weighted by molar-refractivity contribution is 7.99. The second-order valence-electron chi connectivity index (χ2n) is 5.24. The van der Waals surface area contributed by atoms with Gasteiger partial charge in [-0.3, -0.25) is 0 Å². The van der Waals surface area contributed by atoms with Gasteiger partial charge in [0.05, 0.1) is 6.61 Å². The van der Waals surface area contributed by atoms with Gasteiger partial charge < -0.3 is 5.11 Å². The van der Waals surface area contributed by atoms with Crippen LogP contribution in [0.1, 0.15) is 49.5 Å². The summed E-state index contributed by atoms with van der Waals surface area (Å²) in [5.41, 5.74) is 1.16. The fourth-order valence-electron chi connectivity index (χ4n) is 2.50. The molecule has 0 saturated heterocycles. The number of hydrogen-bond donors (Lipinski definition) is 1. The van der Waals surface area contributed by atoms with Crippen LogP contribution in [0.3, 0.4) is 0 Å². The van der Waals surface area contributed by atoms with E-state index < -0.39 is 0 Å². The maximum atomic E-state index is 8.76. The van der Waals surface area contributed by atoms with Crippen LogP contribution < -0.4 is 0 Å². The molecule has 1 nitrogen and oxygen atoms in total. The van der Waals surface area contributed by atoms with Gasteiger partial charge in [-0.25, -0.2) is 0 Å². The van der Waals surface area contributed by atoms with E-state index in [2.05, 4.69) is 42.0 Å². The normalized spacial score (nSPS) is 22.8. The summed E-state index contributed by atoms with van der Waals surface area (Å²) >= 11 is 3.92. The molecule has 19 heavy (non-hydrogen) atoms. The summed E-state index contributed by atoms with van der Waals surface area (Å²) in [7, 11) is 0. The smallest absolute Gasteiger partial charge is 0.0540 e. The molecule has 1 aliphatic carbocycles. The van der Waals surface area contributed by atoms with E-state index in [4.69, 9.17) is 5.11 Å². The van der Waals surface area contributed by atoms with Crippen LogP contribution in [-0.4, -0.2) is 17.0 Å². The van der Waals surface area contributed by atoms with Crippen LogP contribution in [0.4, 0.5) is 0 Å². The molecule has 1 saturated carbocycles. The highest BCUT2D eigenvalue weighted by Gasteiger charge is 2.19. The minimum atomic E-state index is 0.154. The van der Waals surface area contributed by atoms with E-state index in [0.29, 0.717) is 6.42 Å². The van der Waals surface area contributed by atoms with Crippen LogP contribution in [-0.2, 0) is 5.75 Å². The van der Waals surface area contributed by atoms with Gasteiger partial charge in [-0.1, -0.05) is 31.6 Å². The topological polar surface area (TPSA) is 20.2 Å². The predicted molar refractivity (Wildman–Crippen MR) is 85.6 cm³/mol. The first-order valence-electron chi connectivity index (χ1n) is 7.07. The summed E-state index contributed by atoms with van der Waals surface area (Å²) < 4.78 is 0. The van der Waals surface area contributed by atoms with Crippen molar-refractivity contribution in [2.45, 2.75) is 50.0 Å². The van der Waals surface area contributed by atoms with Crippen LogP contribution in [0.2, 0.25) is 0 Å². The van der Waals surface area contributed by atoms with Gasteiger partial charge >= 0.3 is 0 Å². The van der Waals surface area contributed by atoms with E-state index in [-0.39, 0.29) is 6.61 Å². The van der Waals surface area contributed by atoms with Crippen LogP contribution >= 0.6 is 23.1 Å². The molecule has 2 rings (SSSR count). The highest BCUT2D eigenvalue weighted by Crippen LogP contribution is 2.34. The maximum absolute atomic E-state index is 8.76. The SMILES string of the molecule is CC1CCCC(SCc2sccc2C#CCCO)C1. The molecule has 0 aliphatic heterocycles. The van der Waals surface area contributed by atoms with Crippen molar-refractivity contribution < 1.29 is 5.11 Å². The number of rotatable bonds is 4. The molecule has 0 amide bonds. The molecule has 1 heterocycles. The number of hydrogen-bond acceptors (Lipinski definition) is 3. The zero-order chi connectivity index (χ0) is 13.5. The van der Waals surface area contributed by atoms with Crippen molar-refractivity contribution in [3.05, 3.63) is 21.9 Å². The number of aliphatic hydroxyl groups excluding tert-OH is 1. The molecule has 1 fully saturated rings. The molecule has 1 aliphatic rings. The molecule has 0 aromatic carbocycles. The lowest BCUT2D eigenvalue weighted by molar-refractivity contribution is 0.305. The third-order valence-electron chi connectivity index (χ3n) is 3.54. The van der Waals surface area contributed by atoms with Crippen molar-refractivity contribution in [1.29, 1.82) is 0 Å². The van der Waals surface area contributed by atoms with Gasteiger partial charge in [0.2, 0.25) is 0 Å². The zero-order valence-electron chi connectivity index (χ0n) is 11.5. The molecule has 1 aromatic rings. The summed E-state index contributed by atoms with van der Waals surface area (Å²) in [5.74, 6) is 8.19. The molecule has 1 aromatic heterocycles. The average molecular weight is 294 g/mol. The predicted octanol–water partition coefficient (Wildman–Crippen LogP) is 4.29. The summed E-state index contributed by atoms with van der Waals surface area (Å²) in [6.07, 6.45) is 6.14. The van der Waals surface area contributed by atoms with E-state index in [1.165, 1.54) is 30.6 Å². The van der Waals surface area contributed by atoms with Crippen molar-refractivity contribution in [2.24, 2.45) is 5.92 Å². The Labute approximate surface area is 124 Å². The van der Waals surface area contributed by atoms with Crippen molar-refractivity contribution in [2.75, 3.05) is 6.61 Å². The first-order chi connectivity index (χ1) is 9.29. The molecular formula is C16H22OS2. The number of thiophene rings is 1. The van der Waals surface area contributed by atoms with Gasteiger partial charge in [0.1, 0.15) is 0 Å². The van der Waals surface area contributed by atoms with Crippen LogP contribution in [0, 0.1) is 17.8 Å². The Bertz CT molecular complexity index is 441. The van der Waals surface area contributed by atoms with E-state index in [1.807, 2.05) is 11.3 Å². The largest absolute Gasteiger partial charge is 0.395 e. The first kappa shape index (κ1) is 15.0. The van der Waals surface area contributed by atoms with Crippen molar-refractivity contribution in [3.63, 3.8) is 0 Å². The zero-order valence-corrected chi connectivity index (χ0v) is 13.2. The summed E-state index contributed by atoms with van der Waals surface area (Å²) in [6.45, 7) is 2.53. The van der Waals surface area contributed by atoms with Gasteiger partial charge in [-0.15, -0.1) is 11.3 Å². The summed E-state index contributed by atoms with van der Waals surface area (Å²) in [6, 6.07) is 2.11. The fraction of sp³-hybridized carbons (Fsp3) is 0.625. The van der Waals surface area contributed by atoms with Crippen LogP contribution in [0.25, 0.3) is 0 Å². The highest BCUT2D eigenvalue weighted by atomic mass is 32.2. The van der Waals surface area contributed by atoms with E-state index in [9.17, 15) is 0 Å². The van der Waals surface area contributed by atoms with E-state index in [1.54, 1.807) is 0 Å². The molecule has 2 unspecified atom stereocenters. The number of thioether (sulfide) groups is 1. The molecule has 1 N–H and O–H groups in total. The van der Waals surface area contributed by atoms with Crippen molar-refractivity contribution in [3.8, 4) is 11.8 Å². The lowest BCUT2D eigenvalue weighted by Gasteiger charge is -2.26. The van der Waals surface area contributed by atoms with Gasteiger partial charge in [0.15, 0.2) is 0 Å². The van der Waals surface area contributed by atoms with Crippen molar-refractivity contribution in [1.82, 2.24) is 0 Å². The third-order valence-corrected chi connectivity index (χ3v) is 6.00. The molecule has 3 heteroatoms. The summed E-state index contributed by atoms with van der Waals surface area (Å²) in [5, 5.41) is 11.7. The van der Waals surface area contributed by atoms with E-state index >= 15 is 0 Å². The second-order valence-corrected chi connectivity index (χ2v) is 7.53. The molecule has 0 spiro atoms. The van der Waals surface area contributed by atoms with Gasteiger partial charge in [0, 0.05) is 27.9 Å². The monoisotopic (exact) mass is 294 g/mol. The average Bonchev–Trinajstić information content (AvgIpc) is 2.84. The lowest BCUT2D eigenvalue weighted by Crippen LogP contribution is -2.15. The van der Waals surface area contributed by atoms with Crippen LogP contribution in [0.15, 0.2) is 11.4 Å². The fourth-order valence-corrected chi connectivity index (χ4v) is 4.93. The minimum Gasteiger partial charge on any atom is -0.395 e. The lowest BCUT2D eigenvalue weighted by atomic mass is 9.91. The quantitative estimate of drug-likeness (QED) is 0.836. The van der Waals surface area contributed by atoms with Crippen LogP contribution in [0.5, 0.6) is 0 Å². The Morgan fingerprint density at radius 2 is 2.37 bits per heavy atom. The number of aliphatic hydroxyl groups is 1. The third kappa shape index (κ3) is 4.87. The Balaban J connectivity index is 1.86. The second kappa shape index (κ2) is 7.99. The molecule has 2 atom stereocenters. The van der Waals surface area contributed by atoms with Gasteiger partial charge in [0.25, 0.3) is 0 Å². The first-order valence-corrected chi connectivity index (χ1v) is 9.00. The maximum Gasteiger partial charge on any atom is 0.0540 e. The van der Waals surface area contributed by atoms with Crippen molar-refractivity contribution >= 4 is 23.1 Å². The van der Waals surface area contributed by atoms with Gasteiger partial charge in [-0.2, -0.15) is 11.8 Å². The Morgan fingerprint density at radius 1 is 1.47 bits per heavy atom. The minimum absolute atomic E-state index is 0.154. The van der Waals surface area contributed by atoms with Gasteiger partial charge in [-0.05, 0) is 30.2 Å². The molecular weight excluding hydrogens is 272 g/mol. The standard InChI is InChI=1S/C16H22OS2/c1-13-5-4-7-15(11-13)19-12-16-14(8-10-18-16)6-2-3-9-17/h8,10,13,15,17H,3-5,7,9,11-12H2,1H3. The Hall–Kier alpha value is -0.430. The molecule has 0 radical (unpaired) electrons. The molecule has 0 bridgehead atoms. The molecule has 104 valence electrons. The summed E-state index contributed by atoms with van der Waals surface area (Å²) in [4.78, 5) is 1.40. The van der Waals surface area contributed by atoms with E-state index in [0.717, 1.165) is 22.5 Å².